The van der Waals surface area contributed by atoms with E-state index in [4.69, 9.17) is 0 Å². The predicted molar refractivity (Wildman–Crippen MR) is 123 cm³/mol. The first-order chi connectivity index (χ1) is 17.3. The first kappa shape index (κ1) is 31.6. The van der Waals surface area contributed by atoms with Crippen molar-refractivity contribution in [2.45, 2.75) is 24.4 Å². The first-order valence-electron chi connectivity index (χ1n) is 10.0. The van der Waals surface area contributed by atoms with Crippen molar-refractivity contribution in [3.05, 3.63) is 73.7 Å². The quantitative estimate of drug-likeness (QED) is 0.301. The molecule has 16 heteroatoms. The summed E-state index contributed by atoms with van der Waals surface area (Å²) in [5, 5.41) is 3.09. The molecule has 1 atom stereocenters. The highest BCUT2D eigenvalue weighted by Gasteiger charge is 2.40. The molecule has 0 aliphatic carbocycles. The van der Waals surface area contributed by atoms with Crippen LogP contribution in [0.25, 0.3) is 5.83 Å². The molecular weight excluding hydrogens is 674 g/mol. The van der Waals surface area contributed by atoms with E-state index >= 15 is 0 Å². The molecule has 2 rings (SSSR count). The van der Waals surface area contributed by atoms with Crippen LogP contribution in [-0.2, 0) is 11.0 Å². The Morgan fingerprint density at radius 3 is 2.03 bits per heavy atom. The van der Waals surface area contributed by atoms with E-state index in [1.165, 1.54) is 11.4 Å². The fourth-order valence-electron chi connectivity index (χ4n) is 2.97. The van der Waals surface area contributed by atoms with Gasteiger partial charge in [0.15, 0.2) is 0 Å². The molecule has 4 nitrogen and oxygen atoms in total. The molecule has 0 spiro atoms. The Morgan fingerprint density at radius 1 is 0.868 bits per heavy atom. The summed E-state index contributed by atoms with van der Waals surface area (Å²) in [7, 11) is 0. The van der Waals surface area contributed by atoms with Crippen LogP contribution in [-0.4, -0.2) is 37.3 Å². The average molecular weight is 688 g/mol. The number of amides is 2. The molecule has 0 saturated carbocycles. The van der Waals surface area contributed by atoms with Crippen LogP contribution in [0.5, 0.6) is 0 Å². The highest BCUT2D eigenvalue weighted by atomic mass is 79.9. The van der Waals surface area contributed by atoms with Gasteiger partial charge in [0.25, 0.3) is 5.91 Å². The summed E-state index contributed by atoms with van der Waals surface area (Å²) in [6.07, 6.45) is -15.0. The molecule has 0 aromatic heterocycles. The van der Waals surface area contributed by atoms with Gasteiger partial charge in [0.1, 0.15) is 18.3 Å². The van der Waals surface area contributed by atoms with E-state index in [1.807, 2.05) is 0 Å². The van der Waals surface area contributed by atoms with Gasteiger partial charge in [-0.3, -0.25) is 9.59 Å². The van der Waals surface area contributed by atoms with Crippen molar-refractivity contribution in [1.29, 1.82) is 0 Å². The lowest BCUT2D eigenvalue weighted by Gasteiger charge is -2.19. The number of halogens is 12. The van der Waals surface area contributed by atoms with Gasteiger partial charge in [-0.15, -0.1) is 0 Å². The maximum Gasteiger partial charge on any atom is 0.417 e. The number of carbonyl (C=O) groups is 2. The average Bonchev–Trinajstić information content (AvgIpc) is 2.79. The van der Waals surface area contributed by atoms with E-state index < -0.39 is 77.4 Å². The summed E-state index contributed by atoms with van der Waals surface area (Å²) in [6, 6.07) is 4.53. The molecule has 2 aromatic carbocycles. The van der Waals surface area contributed by atoms with Gasteiger partial charge in [-0.1, -0.05) is 12.1 Å². The van der Waals surface area contributed by atoms with Gasteiger partial charge >= 0.3 is 18.5 Å². The summed E-state index contributed by atoms with van der Waals surface area (Å²) in [5.74, 6) is -7.11. The van der Waals surface area contributed by atoms with Crippen molar-refractivity contribution in [1.82, 2.24) is 10.6 Å². The Labute approximate surface area is 224 Å². The van der Waals surface area contributed by atoms with Crippen LogP contribution >= 0.6 is 31.9 Å². The molecule has 0 aliphatic heterocycles. The molecule has 1 unspecified atom stereocenters. The smallest absolute Gasteiger partial charge is 0.345 e. The Hall–Kier alpha value is -2.62. The minimum absolute atomic E-state index is 0.0793. The van der Waals surface area contributed by atoms with E-state index in [0.717, 1.165) is 12.1 Å². The third kappa shape index (κ3) is 8.99. The number of carbonyl (C=O) groups excluding carboxylic acids is 2. The molecule has 0 fully saturated rings. The van der Waals surface area contributed by atoms with Crippen LogP contribution in [0.3, 0.4) is 0 Å². The molecule has 2 N–H and O–H groups in total. The highest BCUT2D eigenvalue weighted by Crippen LogP contribution is 2.41. The zero-order valence-corrected chi connectivity index (χ0v) is 21.6. The minimum Gasteiger partial charge on any atom is -0.345 e. The zero-order valence-electron chi connectivity index (χ0n) is 18.4. The summed E-state index contributed by atoms with van der Waals surface area (Å²) in [5.41, 5.74) is -4.23. The van der Waals surface area contributed by atoms with Gasteiger partial charge in [-0.25, -0.2) is 4.39 Å². The Morgan fingerprint density at radius 2 is 1.50 bits per heavy atom. The second kappa shape index (κ2) is 12.1. The molecule has 2 aromatic rings. The standard InChI is InChI=1S/C22H14Br2F10N2O2/c23-15-4-2-10(6-16(15)24)13(21(29,30)31)7-17(25)11-1-3-12(14(5-11)22(32,33)34)19(38)35-8-18(37)36-9-20(26,27)28/h1-7,13H,8-9H2,(H,35,38)(H,36,37)/b17-7-. The van der Waals surface area contributed by atoms with Gasteiger partial charge in [0.2, 0.25) is 5.91 Å². The topological polar surface area (TPSA) is 58.2 Å². The molecular formula is C22H14Br2F10N2O2. The van der Waals surface area contributed by atoms with Gasteiger partial charge in [-0.2, -0.15) is 39.5 Å². The van der Waals surface area contributed by atoms with Crippen molar-refractivity contribution >= 4 is 49.5 Å². The maximum atomic E-state index is 14.8. The van der Waals surface area contributed by atoms with Crippen molar-refractivity contribution in [2.24, 2.45) is 0 Å². The lowest BCUT2D eigenvalue weighted by molar-refractivity contribution is -0.140. The Bertz CT molecular complexity index is 1220. The van der Waals surface area contributed by atoms with E-state index in [0.29, 0.717) is 16.6 Å². The van der Waals surface area contributed by atoms with Crippen LogP contribution in [0.4, 0.5) is 43.9 Å². The maximum absolute atomic E-state index is 14.8. The van der Waals surface area contributed by atoms with E-state index in [1.54, 1.807) is 5.32 Å². The van der Waals surface area contributed by atoms with Gasteiger partial charge in [0, 0.05) is 14.5 Å². The lowest BCUT2D eigenvalue weighted by Crippen LogP contribution is -2.41. The van der Waals surface area contributed by atoms with Gasteiger partial charge in [0.05, 0.1) is 17.7 Å². The number of alkyl halides is 9. The summed E-state index contributed by atoms with van der Waals surface area (Å²) >= 11 is 6.09. The third-order valence-electron chi connectivity index (χ3n) is 4.71. The summed E-state index contributed by atoms with van der Waals surface area (Å²) < 4.78 is 134. The van der Waals surface area contributed by atoms with E-state index in [-0.39, 0.29) is 16.6 Å². The number of hydrogen-bond acceptors (Lipinski definition) is 2. The molecule has 0 saturated heterocycles. The van der Waals surface area contributed by atoms with Crippen molar-refractivity contribution in [3.63, 3.8) is 0 Å². The molecule has 208 valence electrons. The van der Waals surface area contributed by atoms with E-state index in [2.05, 4.69) is 31.9 Å². The molecule has 0 aliphatic rings. The zero-order chi connectivity index (χ0) is 29.1. The highest BCUT2D eigenvalue weighted by molar-refractivity contribution is 9.13. The van der Waals surface area contributed by atoms with Crippen LogP contribution in [0, 0.1) is 0 Å². The van der Waals surface area contributed by atoms with Crippen LogP contribution in [0.15, 0.2) is 51.4 Å². The molecule has 2 amide bonds. The second-order valence-corrected chi connectivity index (χ2v) is 9.25. The third-order valence-corrected chi connectivity index (χ3v) is 6.59. The second-order valence-electron chi connectivity index (χ2n) is 7.54. The normalized spacial score (nSPS) is 13.7. The SMILES string of the molecule is O=C(CNC(=O)c1ccc(/C(F)=C/C(c2ccc(Br)c(Br)c2)C(F)(F)F)cc1C(F)(F)F)NCC(F)(F)F. The first-order valence-corrected chi connectivity index (χ1v) is 11.6. The van der Waals surface area contributed by atoms with Crippen LogP contribution in [0.2, 0.25) is 0 Å². The van der Waals surface area contributed by atoms with Crippen LogP contribution in [0.1, 0.15) is 33.0 Å². The fourth-order valence-corrected chi connectivity index (χ4v) is 3.61. The number of allylic oxidation sites excluding steroid dienone is 1. The summed E-state index contributed by atoms with van der Waals surface area (Å²) in [4.78, 5) is 23.6. The van der Waals surface area contributed by atoms with Crippen molar-refractivity contribution in [3.8, 4) is 0 Å². The van der Waals surface area contributed by atoms with Crippen molar-refractivity contribution in [2.75, 3.05) is 13.1 Å². The lowest BCUT2D eigenvalue weighted by atomic mass is 9.95. The van der Waals surface area contributed by atoms with Gasteiger partial charge < -0.3 is 10.6 Å². The minimum atomic E-state index is -5.29. The molecule has 0 bridgehead atoms. The molecule has 38 heavy (non-hydrogen) atoms. The summed E-state index contributed by atoms with van der Waals surface area (Å²) in [6.45, 7) is -2.86. The fraction of sp³-hybridized carbons (Fsp3) is 0.273. The Kier molecular flexibility index (Phi) is 10.0. The molecule has 0 heterocycles. The number of benzene rings is 2. The largest absolute Gasteiger partial charge is 0.417 e. The predicted octanol–water partition coefficient (Wildman–Crippen LogP) is 7.30. The van der Waals surface area contributed by atoms with Crippen LogP contribution < -0.4 is 10.6 Å². The Balaban J connectivity index is 2.38. The van der Waals surface area contributed by atoms with E-state index in [9.17, 15) is 53.5 Å². The monoisotopic (exact) mass is 686 g/mol. The number of rotatable bonds is 7. The molecule has 0 radical (unpaired) electrons. The van der Waals surface area contributed by atoms with Gasteiger partial charge in [-0.05, 0) is 67.8 Å². The van der Waals surface area contributed by atoms with Crippen molar-refractivity contribution < 1.29 is 53.5 Å². The number of nitrogens with one attached hydrogen (secondary N) is 2. The number of hydrogen-bond donors (Lipinski definition) is 2.